The number of sulfonamides is 1. The van der Waals surface area contributed by atoms with Gasteiger partial charge in [0.15, 0.2) is 5.03 Å². The van der Waals surface area contributed by atoms with Gasteiger partial charge in [-0.25, -0.2) is 13.4 Å². The molecule has 6 nitrogen and oxygen atoms in total. The molecular formula is C9H11N3O3S. The van der Waals surface area contributed by atoms with Gasteiger partial charge in [0, 0.05) is 7.05 Å². The van der Waals surface area contributed by atoms with Crippen LogP contribution in [0.25, 0.3) is 0 Å². The van der Waals surface area contributed by atoms with E-state index in [0.29, 0.717) is 5.76 Å². The van der Waals surface area contributed by atoms with E-state index < -0.39 is 10.0 Å². The van der Waals surface area contributed by atoms with Crippen molar-refractivity contribution in [2.75, 3.05) is 7.05 Å². The minimum absolute atomic E-state index is 0.0709. The molecule has 2 aromatic heterocycles. The number of aromatic amines is 1. The van der Waals surface area contributed by atoms with Crippen molar-refractivity contribution in [2.45, 2.75) is 11.6 Å². The standard InChI is InChI=1S/C9H11N3O3S/c1-12(6-8-3-2-4-15-8)16(13,14)9-5-10-7-11-9/h2-5,7H,6H2,1H3,(H,10,11). The molecule has 2 rings (SSSR count). The number of H-pyrrole nitrogens is 1. The number of aromatic nitrogens is 2. The van der Waals surface area contributed by atoms with Gasteiger partial charge in [-0.1, -0.05) is 0 Å². The molecular weight excluding hydrogens is 230 g/mol. The monoisotopic (exact) mass is 241 g/mol. The van der Waals surface area contributed by atoms with Gasteiger partial charge in [0.1, 0.15) is 5.76 Å². The lowest BCUT2D eigenvalue weighted by Crippen LogP contribution is -2.26. The molecule has 0 fully saturated rings. The van der Waals surface area contributed by atoms with Gasteiger partial charge in [-0.15, -0.1) is 0 Å². The van der Waals surface area contributed by atoms with Crippen LogP contribution in [0.1, 0.15) is 5.76 Å². The maximum Gasteiger partial charge on any atom is 0.260 e. The van der Waals surface area contributed by atoms with Gasteiger partial charge in [-0.05, 0) is 12.1 Å². The first-order valence-corrected chi connectivity index (χ1v) is 6.02. The van der Waals surface area contributed by atoms with Crippen molar-refractivity contribution in [1.29, 1.82) is 0 Å². The first kappa shape index (κ1) is 10.9. The van der Waals surface area contributed by atoms with Crippen LogP contribution in [-0.4, -0.2) is 29.7 Å². The Balaban J connectivity index is 2.19. The normalized spacial score (nSPS) is 12.1. The van der Waals surface area contributed by atoms with Crippen LogP contribution >= 0.6 is 0 Å². The van der Waals surface area contributed by atoms with Crippen LogP contribution in [0.5, 0.6) is 0 Å². The van der Waals surface area contributed by atoms with Crippen LogP contribution in [0.15, 0.2) is 40.4 Å². The Labute approximate surface area is 93.0 Å². The maximum atomic E-state index is 11.9. The maximum absolute atomic E-state index is 11.9. The summed E-state index contributed by atoms with van der Waals surface area (Å²) in [6, 6.07) is 3.44. The van der Waals surface area contributed by atoms with E-state index in [2.05, 4.69) is 9.97 Å². The van der Waals surface area contributed by atoms with Gasteiger partial charge in [-0.2, -0.15) is 4.31 Å². The predicted octanol–water partition coefficient (Wildman–Crippen LogP) is 0.823. The number of hydrogen-bond donors (Lipinski definition) is 1. The van der Waals surface area contributed by atoms with Gasteiger partial charge >= 0.3 is 0 Å². The summed E-state index contributed by atoms with van der Waals surface area (Å²) in [5.41, 5.74) is 0. The number of hydrogen-bond acceptors (Lipinski definition) is 4. The number of nitrogens with one attached hydrogen (secondary N) is 1. The number of rotatable bonds is 4. The highest BCUT2D eigenvalue weighted by Crippen LogP contribution is 2.13. The summed E-state index contributed by atoms with van der Waals surface area (Å²) in [6.07, 6.45) is 4.10. The summed E-state index contributed by atoms with van der Waals surface area (Å²) in [5.74, 6) is 0.589. The van der Waals surface area contributed by atoms with E-state index >= 15 is 0 Å². The average Bonchev–Trinajstić information content (AvgIpc) is 2.89. The fourth-order valence-electron chi connectivity index (χ4n) is 1.26. The highest BCUT2D eigenvalue weighted by molar-refractivity contribution is 7.89. The molecule has 7 heteroatoms. The van der Waals surface area contributed by atoms with E-state index in [-0.39, 0.29) is 11.6 Å². The predicted molar refractivity (Wildman–Crippen MR) is 55.9 cm³/mol. The van der Waals surface area contributed by atoms with Gasteiger partial charge in [-0.3, -0.25) is 0 Å². The Morgan fingerprint density at radius 3 is 2.94 bits per heavy atom. The second kappa shape index (κ2) is 4.11. The largest absolute Gasteiger partial charge is 0.468 e. The van der Waals surface area contributed by atoms with Crippen molar-refractivity contribution in [3.8, 4) is 0 Å². The van der Waals surface area contributed by atoms with Crippen LogP contribution in [0, 0.1) is 0 Å². The highest BCUT2D eigenvalue weighted by Gasteiger charge is 2.22. The van der Waals surface area contributed by atoms with E-state index in [9.17, 15) is 8.42 Å². The molecule has 0 amide bonds. The zero-order chi connectivity index (χ0) is 11.6. The highest BCUT2D eigenvalue weighted by atomic mass is 32.2. The summed E-state index contributed by atoms with van der Waals surface area (Å²) >= 11 is 0. The summed E-state index contributed by atoms with van der Waals surface area (Å²) in [6.45, 7) is 0.189. The smallest absolute Gasteiger partial charge is 0.260 e. The van der Waals surface area contributed by atoms with Crippen molar-refractivity contribution in [3.05, 3.63) is 36.7 Å². The van der Waals surface area contributed by atoms with Gasteiger partial charge in [0.2, 0.25) is 0 Å². The molecule has 86 valence electrons. The van der Waals surface area contributed by atoms with Crippen LogP contribution in [0.4, 0.5) is 0 Å². The minimum Gasteiger partial charge on any atom is -0.468 e. The van der Waals surface area contributed by atoms with Crippen molar-refractivity contribution in [3.63, 3.8) is 0 Å². The second-order valence-corrected chi connectivity index (χ2v) is 5.27. The third-order valence-corrected chi connectivity index (χ3v) is 3.85. The van der Waals surface area contributed by atoms with Crippen LogP contribution < -0.4 is 0 Å². The van der Waals surface area contributed by atoms with Crippen LogP contribution in [0.3, 0.4) is 0 Å². The Morgan fingerprint density at radius 2 is 2.38 bits per heavy atom. The molecule has 0 aliphatic rings. The molecule has 2 heterocycles. The Bertz CT molecular complexity index is 531. The third-order valence-electron chi connectivity index (χ3n) is 2.12. The van der Waals surface area contributed by atoms with E-state index in [0.717, 1.165) is 0 Å². The van der Waals surface area contributed by atoms with Gasteiger partial charge < -0.3 is 9.40 Å². The fourth-order valence-corrected chi connectivity index (χ4v) is 2.29. The van der Waals surface area contributed by atoms with Crippen molar-refractivity contribution >= 4 is 10.0 Å². The fraction of sp³-hybridized carbons (Fsp3) is 0.222. The molecule has 0 aliphatic carbocycles. The molecule has 0 saturated carbocycles. The second-order valence-electron chi connectivity index (χ2n) is 3.26. The topological polar surface area (TPSA) is 79.2 Å². The third kappa shape index (κ3) is 2.00. The average molecular weight is 241 g/mol. The van der Waals surface area contributed by atoms with E-state index in [1.165, 1.54) is 30.1 Å². The molecule has 0 aliphatic heterocycles. The minimum atomic E-state index is -3.52. The van der Waals surface area contributed by atoms with E-state index in [1.54, 1.807) is 12.1 Å². The first-order chi connectivity index (χ1) is 7.60. The molecule has 16 heavy (non-hydrogen) atoms. The van der Waals surface area contributed by atoms with E-state index in [1.807, 2.05) is 0 Å². The summed E-state index contributed by atoms with van der Waals surface area (Å²) in [7, 11) is -2.03. The summed E-state index contributed by atoms with van der Waals surface area (Å²) in [5, 5.41) is 0.0709. The number of furan rings is 1. The zero-order valence-electron chi connectivity index (χ0n) is 8.62. The molecule has 0 spiro atoms. The molecule has 0 saturated heterocycles. The molecule has 0 radical (unpaired) electrons. The van der Waals surface area contributed by atoms with Gasteiger partial charge in [0.25, 0.3) is 10.0 Å². The van der Waals surface area contributed by atoms with Crippen molar-refractivity contribution in [1.82, 2.24) is 14.3 Å². The summed E-state index contributed by atoms with van der Waals surface area (Å²) < 4.78 is 30.1. The van der Waals surface area contributed by atoms with Crippen molar-refractivity contribution in [2.24, 2.45) is 0 Å². The molecule has 0 aromatic carbocycles. The Kier molecular flexibility index (Phi) is 2.80. The lowest BCUT2D eigenvalue weighted by Gasteiger charge is -2.13. The summed E-state index contributed by atoms with van der Waals surface area (Å²) in [4.78, 5) is 6.25. The Morgan fingerprint density at radius 1 is 1.56 bits per heavy atom. The van der Waals surface area contributed by atoms with Crippen LogP contribution in [0.2, 0.25) is 0 Å². The quantitative estimate of drug-likeness (QED) is 0.859. The number of imidazole rings is 1. The zero-order valence-corrected chi connectivity index (χ0v) is 9.44. The molecule has 1 N–H and O–H groups in total. The SMILES string of the molecule is CN(Cc1ccco1)S(=O)(=O)c1cnc[nH]1. The lowest BCUT2D eigenvalue weighted by molar-refractivity contribution is 0.405. The van der Waals surface area contributed by atoms with Gasteiger partial charge in [0.05, 0.1) is 25.3 Å². The lowest BCUT2D eigenvalue weighted by atomic mass is 10.4. The molecule has 0 bridgehead atoms. The Hall–Kier alpha value is -1.60. The molecule has 0 atom stereocenters. The first-order valence-electron chi connectivity index (χ1n) is 4.58. The number of nitrogens with zero attached hydrogens (tertiary/aromatic N) is 2. The molecule has 2 aromatic rings. The van der Waals surface area contributed by atoms with Crippen molar-refractivity contribution < 1.29 is 12.8 Å². The van der Waals surface area contributed by atoms with Crippen LogP contribution in [-0.2, 0) is 16.6 Å². The van der Waals surface area contributed by atoms with E-state index in [4.69, 9.17) is 4.42 Å². The molecule has 0 unspecified atom stereocenters.